The zero-order valence-electron chi connectivity index (χ0n) is 20.6. The summed E-state index contributed by atoms with van der Waals surface area (Å²) in [6, 6.07) is 11.2. The van der Waals surface area contributed by atoms with Crippen molar-refractivity contribution in [1.82, 2.24) is 35.8 Å². The number of alkyl halides is 5. The summed E-state index contributed by atoms with van der Waals surface area (Å²) in [5.41, 5.74) is 1.53. The first-order valence-electron chi connectivity index (χ1n) is 12.2. The van der Waals surface area contributed by atoms with E-state index in [1.807, 2.05) is 0 Å². The monoisotopic (exact) mass is 556 g/mol. The van der Waals surface area contributed by atoms with E-state index in [-0.39, 0.29) is 52.3 Å². The highest BCUT2D eigenvalue weighted by atomic mass is 19.4. The Morgan fingerprint density at radius 1 is 1.02 bits per heavy atom. The zero-order chi connectivity index (χ0) is 28.3. The third kappa shape index (κ3) is 4.23. The van der Waals surface area contributed by atoms with Crippen LogP contribution in [0.5, 0.6) is 0 Å². The molecular weight excluding hydrogens is 535 g/mol. The van der Waals surface area contributed by atoms with Crippen molar-refractivity contribution >= 4 is 17.0 Å². The van der Waals surface area contributed by atoms with Gasteiger partial charge in [-0.2, -0.15) is 26.7 Å². The molecule has 0 amide bonds. The van der Waals surface area contributed by atoms with Gasteiger partial charge in [0.25, 0.3) is 0 Å². The van der Waals surface area contributed by atoms with Gasteiger partial charge in [-0.3, -0.25) is 0 Å². The summed E-state index contributed by atoms with van der Waals surface area (Å²) in [6.45, 7) is 0.149. The summed E-state index contributed by atoms with van der Waals surface area (Å²) in [6.07, 6.45) is 0.613. The van der Waals surface area contributed by atoms with Crippen LogP contribution in [0.4, 0.5) is 27.8 Å². The van der Waals surface area contributed by atoms with Crippen LogP contribution < -0.4 is 15.8 Å². The second-order valence-corrected chi connectivity index (χ2v) is 9.58. The second kappa shape index (κ2) is 9.19. The Kier molecular flexibility index (Phi) is 5.98. The number of anilines is 1. The molecule has 2 saturated heterocycles. The van der Waals surface area contributed by atoms with Crippen molar-refractivity contribution in [3.8, 4) is 12.3 Å². The Morgan fingerprint density at radius 3 is 2.40 bits per heavy atom. The van der Waals surface area contributed by atoms with Gasteiger partial charge in [0, 0.05) is 29.8 Å². The number of aliphatic hydroxyl groups excluding tert-OH is 1. The van der Waals surface area contributed by atoms with Gasteiger partial charge in [0.15, 0.2) is 11.3 Å². The van der Waals surface area contributed by atoms with E-state index in [4.69, 9.17) is 6.42 Å². The molecule has 0 saturated carbocycles. The molecule has 4 heterocycles. The third-order valence-corrected chi connectivity index (χ3v) is 6.99. The summed E-state index contributed by atoms with van der Waals surface area (Å²) in [7, 11) is 0. The van der Waals surface area contributed by atoms with E-state index in [9.17, 15) is 18.3 Å². The number of hydrogen-bond donors (Lipinski definition) is 3. The molecule has 4 aromatic rings. The fourth-order valence-electron chi connectivity index (χ4n) is 4.86. The van der Waals surface area contributed by atoms with Gasteiger partial charge in [0.05, 0.1) is 12.6 Å². The number of benzene rings is 2. The average molecular weight is 556 g/mol. The Balaban J connectivity index is 1.48. The number of terminal acetylenes is 1. The largest absolute Gasteiger partial charge is 0.426 e. The molecule has 0 bridgehead atoms. The maximum atomic E-state index is 15.5. The molecule has 206 valence electrons. The second-order valence-electron chi connectivity index (χ2n) is 9.58. The normalized spacial score (nSPS) is 18.7. The lowest BCUT2D eigenvalue weighted by molar-refractivity contribution is -0.165. The van der Waals surface area contributed by atoms with Gasteiger partial charge in [0.2, 0.25) is 17.1 Å². The average Bonchev–Trinajstić information content (AvgIpc) is 3.49. The van der Waals surface area contributed by atoms with Crippen molar-refractivity contribution < 1.29 is 27.1 Å². The van der Waals surface area contributed by atoms with Crippen LogP contribution in [0.3, 0.4) is 0 Å². The van der Waals surface area contributed by atoms with Gasteiger partial charge in [-0.1, -0.05) is 48.4 Å². The van der Waals surface area contributed by atoms with Gasteiger partial charge in [-0.05, 0) is 18.1 Å². The van der Waals surface area contributed by atoms with Crippen LogP contribution in [0, 0.1) is 12.3 Å². The highest BCUT2D eigenvalue weighted by molar-refractivity contribution is 5.83. The van der Waals surface area contributed by atoms with Crippen LogP contribution in [0.25, 0.3) is 11.2 Å². The lowest BCUT2D eigenvalue weighted by atomic mass is 9.93. The molecule has 14 heteroatoms. The van der Waals surface area contributed by atoms with E-state index < -0.39 is 29.7 Å². The highest BCUT2D eigenvalue weighted by Gasteiger charge is 2.66. The van der Waals surface area contributed by atoms with Crippen molar-refractivity contribution in [2.75, 3.05) is 18.0 Å². The minimum atomic E-state index is -4.69. The number of hydrogen-bond acceptors (Lipinski definition) is 8. The van der Waals surface area contributed by atoms with Crippen LogP contribution in [-0.2, 0) is 18.1 Å². The standard InChI is InChI=1S/C26H21F5N8O/c1-2-15-7-6-10-19(25(36-37-25)26(29,30)31)18(15)14-39-34-20-21(35-39)32-23(24(27,28)16-8-4-3-5-9-16)33-22(20)38-12-11-17(40)13-38/h1,3-10,17,36-37,40H,11-14H2/t17-/m0/s1. The fraction of sp³-hybridized carbons (Fsp3) is 0.308. The Hall–Kier alpha value is -4.19. The molecule has 2 aromatic heterocycles. The third-order valence-electron chi connectivity index (χ3n) is 6.99. The molecule has 0 aliphatic carbocycles. The number of hydrazine groups is 1. The molecule has 6 rings (SSSR count). The smallest absolute Gasteiger partial charge is 0.391 e. The van der Waals surface area contributed by atoms with E-state index in [2.05, 4.69) is 36.9 Å². The van der Waals surface area contributed by atoms with Crippen molar-refractivity contribution in [1.29, 1.82) is 0 Å². The Bertz CT molecular complexity index is 1630. The molecule has 40 heavy (non-hydrogen) atoms. The maximum absolute atomic E-state index is 15.5. The summed E-state index contributed by atoms with van der Waals surface area (Å²) >= 11 is 0. The van der Waals surface area contributed by atoms with Gasteiger partial charge in [-0.15, -0.1) is 16.6 Å². The lowest BCUT2D eigenvalue weighted by Crippen LogP contribution is -2.36. The molecule has 9 nitrogen and oxygen atoms in total. The molecule has 0 radical (unpaired) electrons. The number of fused-ring (bicyclic) bond motifs is 1. The molecular formula is C26H21F5N8O. The molecule has 0 unspecified atom stereocenters. The van der Waals surface area contributed by atoms with Crippen LogP contribution in [0.1, 0.15) is 34.5 Å². The summed E-state index contributed by atoms with van der Waals surface area (Å²) in [5.74, 6) is -1.97. The zero-order valence-corrected chi connectivity index (χ0v) is 20.6. The molecule has 2 aliphatic rings. The van der Waals surface area contributed by atoms with Crippen LogP contribution >= 0.6 is 0 Å². The summed E-state index contributed by atoms with van der Waals surface area (Å²) < 4.78 is 72.8. The molecule has 2 fully saturated rings. The SMILES string of the molecule is C#Cc1cccc(C2(C(F)(F)F)NN2)c1Cn1nc2nc(C(F)(F)c3ccccc3)nc(N3CC[C@H](O)C3)c2n1. The molecule has 3 N–H and O–H groups in total. The molecule has 2 aliphatic heterocycles. The van der Waals surface area contributed by atoms with Crippen molar-refractivity contribution in [3.05, 3.63) is 76.6 Å². The van der Waals surface area contributed by atoms with Gasteiger partial charge in [-0.25, -0.2) is 20.8 Å². The molecule has 2 aromatic carbocycles. The number of β-amino-alcohol motifs (C(OH)–C–C–N with tert-alkyl or cyclic N) is 1. The van der Waals surface area contributed by atoms with Gasteiger partial charge in [0.1, 0.15) is 0 Å². The van der Waals surface area contributed by atoms with Crippen LogP contribution in [-0.4, -0.2) is 55.4 Å². The van der Waals surface area contributed by atoms with Gasteiger partial charge < -0.3 is 10.0 Å². The van der Waals surface area contributed by atoms with E-state index in [1.165, 1.54) is 42.5 Å². The van der Waals surface area contributed by atoms with E-state index >= 15 is 8.78 Å². The Morgan fingerprint density at radius 2 is 1.77 bits per heavy atom. The number of nitrogens with zero attached hydrogens (tertiary/aromatic N) is 6. The Labute approximate surface area is 224 Å². The first-order valence-corrected chi connectivity index (χ1v) is 12.2. The van der Waals surface area contributed by atoms with Crippen LogP contribution in [0.15, 0.2) is 48.5 Å². The van der Waals surface area contributed by atoms with Crippen LogP contribution in [0.2, 0.25) is 0 Å². The molecule has 0 spiro atoms. The first-order chi connectivity index (χ1) is 19.0. The number of aliphatic hydroxyl groups is 1. The number of nitrogens with one attached hydrogen (secondary N) is 2. The minimum Gasteiger partial charge on any atom is -0.391 e. The summed E-state index contributed by atoms with van der Waals surface area (Å²) in [4.78, 5) is 10.8. The highest BCUT2D eigenvalue weighted by Crippen LogP contribution is 2.44. The van der Waals surface area contributed by atoms with Crippen molar-refractivity contribution in [3.63, 3.8) is 0 Å². The quantitative estimate of drug-likeness (QED) is 0.188. The number of halogens is 5. The van der Waals surface area contributed by atoms with Crippen molar-refractivity contribution in [2.24, 2.45) is 0 Å². The van der Waals surface area contributed by atoms with E-state index in [0.717, 1.165) is 4.80 Å². The fourth-order valence-corrected chi connectivity index (χ4v) is 4.86. The first kappa shape index (κ1) is 26.1. The van der Waals surface area contributed by atoms with E-state index in [0.29, 0.717) is 13.0 Å². The topological polar surface area (TPSA) is 124 Å². The molecule has 1 atom stereocenters. The lowest BCUT2D eigenvalue weighted by Gasteiger charge is -2.20. The van der Waals surface area contributed by atoms with Crippen molar-refractivity contribution in [2.45, 2.75) is 36.8 Å². The number of aromatic nitrogens is 5. The predicted octanol–water partition coefficient (Wildman–Crippen LogP) is 2.78. The number of rotatable bonds is 6. The minimum absolute atomic E-state index is 0.0427. The maximum Gasteiger partial charge on any atom is 0.426 e. The van der Waals surface area contributed by atoms with E-state index in [1.54, 1.807) is 11.0 Å². The predicted molar refractivity (Wildman–Crippen MR) is 133 cm³/mol. The summed E-state index contributed by atoms with van der Waals surface area (Å²) in [5, 5.41) is 18.7. The van der Waals surface area contributed by atoms with Gasteiger partial charge >= 0.3 is 12.1 Å².